The summed E-state index contributed by atoms with van der Waals surface area (Å²) in [5, 5.41) is 2.94. The highest BCUT2D eigenvalue weighted by Gasteiger charge is 2.12. The number of benzene rings is 2. The van der Waals surface area contributed by atoms with E-state index in [1.165, 1.54) is 12.3 Å². The lowest BCUT2D eigenvalue weighted by molar-refractivity contribution is -0.120. The number of hydrogen-bond acceptors (Lipinski definition) is 5. The van der Waals surface area contributed by atoms with Gasteiger partial charge >= 0.3 is 0 Å². The van der Waals surface area contributed by atoms with E-state index in [9.17, 15) is 9.18 Å². The normalized spacial score (nSPS) is 14.1. The van der Waals surface area contributed by atoms with E-state index < -0.39 is 0 Å². The Morgan fingerprint density at radius 3 is 2.65 bits per heavy atom. The third-order valence-electron chi connectivity index (χ3n) is 5.79. The van der Waals surface area contributed by atoms with Crippen LogP contribution in [0.4, 0.5) is 4.39 Å². The van der Waals surface area contributed by atoms with Crippen LogP contribution in [0.15, 0.2) is 60.8 Å². The Kier molecular flexibility index (Phi) is 8.22. The first kappa shape index (κ1) is 23.9. The summed E-state index contributed by atoms with van der Waals surface area (Å²) in [5.41, 5.74) is 4.20. The van der Waals surface area contributed by atoms with Crippen LogP contribution in [0.3, 0.4) is 0 Å². The van der Waals surface area contributed by atoms with Gasteiger partial charge in [-0.2, -0.15) is 0 Å². The van der Waals surface area contributed by atoms with Crippen molar-refractivity contribution in [2.45, 2.75) is 19.9 Å². The molecule has 1 amide bonds. The average Bonchev–Trinajstić information content (AvgIpc) is 2.84. The van der Waals surface area contributed by atoms with E-state index in [0.717, 1.165) is 49.5 Å². The summed E-state index contributed by atoms with van der Waals surface area (Å²) >= 11 is 0. The van der Waals surface area contributed by atoms with Crippen molar-refractivity contribution in [3.05, 3.63) is 83.3 Å². The number of nitrogens with zero attached hydrogens (tertiary/aromatic N) is 2. The maximum atomic E-state index is 14.7. The zero-order valence-corrected chi connectivity index (χ0v) is 19.4. The first-order chi connectivity index (χ1) is 16.6. The van der Waals surface area contributed by atoms with E-state index in [0.29, 0.717) is 24.3 Å². The van der Waals surface area contributed by atoms with Crippen LogP contribution >= 0.6 is 0 Å². The highest BCUT2D eigenvalue weighted by Crippen LogP contribution is 2.25. The maximum absolute atomic E-state index is 14.7. The number of hydrogen-bond donors (Lipinski definition) is 1. The van der Waals surface area contributed by atoms with Gasteiger partial charge in [0.1, 0.15) is 12.4 Å². The minimum Gasteiger partial charge on any atom is -0.476 e. The van der Waals surface area contributed by atoms with E-state index in [1.54, 1.807) is 0 Å². The standard InChI is InChI=1S/C27H30FN3O3/c1-20-3-2-4-22(15-20)18-29-26(32)16-21-5-7-23(8-6-21)24-19-30-27(17-25(24)28)34-14-11-31-9-12-33-13-10-31/h2-8,15,17,19H,9-14,16,18H2,1H3,(H,29,32). The molecule has 2 aromatic carbocycles. The van der Waals surface area contributed by atoms with Gasteiger partial charge in [0, 0.05) is 44.0 Å². The summed E-state index contributed by atoms with van der Waals surface area (Å²) in [4.78, 5) is 18.8. The molecule has 3 aromatic rings. The second kappa shape index (κ2) is 11.7. The summed E-state index contributed by atoms with van der Waals surface area (Å²) in [5.74, 6) is -0.169. The summed E-state index contributed by atoms with van der Waals surface area (Å²) in [6.45, 7) is 6.97. The van der Waals surface area contributed by atoms with E-state index in [2.05, 4.69) is 21.3 Å². The molecule has 0 spiro atoms. The van der Waals surface area contributed by atoms with E-state index in [4.69, 9.17) is 9.47 Å². The second-order valence-electron chi connectivity index (χ2n) is 8.44. The van der Waals surface area contributed by atoms with Gasteiger partial charge in [0.2, 0.25) is 11.8 Å². The second-order valence-corrected chi connectivity index (χ2v) is 8.44. The molecule has 1 aliphatic rings. The van der Waals surface area contributed by atoms with Crippen molar-refractivity contribution in [2.24, 2.45) is 0 Å². The molecule has 0 unspecified atom stereocenters. The van der Waals surface area contributed by atoms with Crippen molar-refractivity contribution < 1.29 is 18.7 Å². The Bertz CT molecular complexity index is 1100. The molecule has 178 valence electrons. The van der Waals surface area contributed by atoms with E-state index in [-0.39, 0.29) is 24.0 Å². The number of nitrogens with one attached hydrogen (secondary N) is 1. The van der Waals surface area contributed by atoms with E-state index >= 15 is 0 Å². The lowest BCUT2D eigenvalue weighted by atomic mass is 10.0. The van der Waals surface area contributed by atoms with Gasteiger partial charge in [0.25, 0.3) is 0 Å². The molecule has 4 rings (SSSR count). The molecule has 1 aromatic heterocycles. The summed E-state index contributed by atoms with van der Waals surface area (Å²) in [7, 11) is 0. The molecule has 2 heterocycles. The number of carbonyl (C=O) groups excluding carboxylic acids is 1. The zero-order valence-electron chi connectivity index (χ0n) is 19.4. The topological polar surface area (TPSA) is 63.7 Å². The van der Waals surface area contributed by atoms with Crippen LogP contribution in [0.2, 0.25) is 0 Å². The van der Waals surface area contributed by atoms with Gasteiger partial charge in [-0.3, -0.25) is 9.69 Å². The van der Waals surface area contributed by atoms with Crippen LogP contribution < -0.4 is 10.1 Å². The summed E-state index contributed by atoms with van der Waals surface area (Å²) < 4.78 is 25.7. The number of pyridine rings is 1. The van der Waals surface area contributed by atoms with Gasteiger partial charge in [-0.1, -0.05) is 54.1 Å². The summed E-state index contributed by atoms with van der Waals surface area (Å²) in [6, 6.07) is 16.7. The number of morpholine rings is 1. The van der Waals surface area contributed by atoms with Crippen molar-refractivity contribution in [3.8, 4) is 17.0 Å². The van der Waals surface area contributed by atoms with Gasteiger partial charge in [-0.25, -0.2) is 9.37 Å². The molecule has 1 N–H and O–H groups in total. The Labute approximate surface area is 199 Å². The molecule has 6 nitrogen and oxygen atoms in total. The third kappa shape index (κ3) is 6.85. The molecule has 0 atom stereocenters. The smallest absolute Gasteiger partial charge is 0.224 e. The van der Waals surface area contributed by atoms with E-state index in [1.807, 2.05) is 49.4 Å². The SMILES string of the molecule is Cc1cccc(CNC(=O)Cc2ccc(-c3cnc(OCCN4CCOCC4)cc3F)cc2)c1. The van der Waals surface area contributed by atoms with Crippen LogP contribution in [0, 0.1) is 12.7 Å². The van der Waals surface area contributed by atoms with Crippen LogP contribution in [0.1, 0.15) is 16.7 Å². The zero-order chi connectivity index (χ0) is 23.8. The van der Waals surface area contributed by atoms with Gasteiger partial charge in [-0.15, -0.1) is 0 Å². The van der Waals surface area contributed by atoms with Gasteiger partial charge < -0.3 is 14.8 Å². The van der Waals surface area contributed by atoms with Crippen molar-refractivity contribution in [1.29, 1.82) is 0 Å². The fourth-order valence-corrected chi connectivity index (χ4v) is 3.88. The van der Waals surface area contributed by atoms with Crippen LogP contribution in [-0.2, 0) is 22.5 Å². The fourth-order valence-electron chi connectivity index (χ4n) is 3.88. The quantitative estimate of drug-likeness (QED) is 0.524. The van der Waals surface area contributed by atoms with Crippen LogP contribution in [-0.4, -0.2) is 55.2 Å². The molecule has 0 aliphatic carbocycles. The monoisotopic (exact) mass is 463 g/mol. The molecule has 1 aliphatic heterocycles. The number of ether oxygens (including phenoxy) is 2. The highest BCUT2D eigenvalue weighted by molar-refractivity contribution is 5.78. The van der Waals surface area contributed by atoms with Crippen LogP contribution in [0.5, 0.6) is 5.88 Å². The van der Waals surface area contributed by atoms with Crippen molar-refractivity contribution >= 4 is 5.91 Å². The number of carbonyl (C=O) groups is 1. The lowest BCUT2D eigenvalue weighted by Gasteiger charge is -2.26. The maximum Gasteiger partial charge on any atom is 0.224 e. The molecule has 1 saturated heterocycles. The molecule has 7 heteroatoms. The number of aromatic nitrogens is 1. The minimum absolute atomic E-state index is 0.0549. The highest BCUT2D eigenvalue weighted by atomic mass is 19.1. The predicted molar refractivity (Wildman–Crippen MR) is 129 cm³/mol. The summed E-state index contributed by atoms with van der Waals surface area (Å²) in [6.07, 6.45) is 1.76. The fraction of sp³-hybridized carbons (Fsp3) is 0.333. The molecule has 0 saturated carbocycles. The van der Waals surface area contributed by atoms with Gasteiger partial charge in [0.15, 0.2) is 0 Å². The van der Waals surface area contributed by atoms with Gasteiger partial charge in [0.05, 0.1) is 19.6 Å². The van der Waals surface area contributed by atoms with Gasteiger partial charge in [-0.05, 0) is 23.6 Å². The Balaban J connectivity index is 1.28. The number of halogens is 1. The van der Waals surface area contributed by atoms with Crippen molar-refractivity contribution in [3.63, 3.8) is 0 Å². The molecule has 34 heavy (non-hydrogen) atoms. The Hall–Kier alpha value is -3.29. The molecule has 1 fully saturated rings. The molecule has 0 bridgehead atoms. The number of aryl methyl sites for hydroxylation is 1. The molecule has 0 radical (unpaired) electrons. The number of amides is 1. The minimum atomic E-state index is -0.389. The third-order valence-corrected chi connectivity index (χ3v) is 5.79. The number of rotatable bonds is 9. The Morgan fingerprint density at radius 1 is 1.12 bits per heavy atom. The molecular formula is C27H30FN3O3. The molecular weight excluding hydrogens is 433 g/mol. The largest absolute Gasteiger partial charge is 0.476 e. The van der Waals surface area contributed by atoms with Crippen LogP contribution in [0.25, 0.3) is 11.1 Å². The Morgan fingerprint density at radius 2 is 1.91 bits per heavy atom. The van der Waals surface area contributed by atoms with Crippen molar-refractivity contribution in [1.82, 2.24) is 15.2 Å². The van der Waals surface area contributed by atoms with Crippen molar-refractivity contribution in [2.75, 3.05) is 39.5 Å². The first-order valence-electron chi connectivity index (χ1n) is 11.6. The first-order valence-corrected chi connectivity index (χ1v) is 11.6. The average molecular weight is 464 g/mol. The lowest BCUT2D eigenvalue weighted by Crippen LogP contribution is -2.38. The predicted octanol–water partition coefficient (Wildman–Crippen LogP) is 3.77.